The van der Waals surface area contributed by atoms with Crippen molar-refractivity contribution in [3.8, 4) is 5.75 Å². The summed E-state index contributed by atoms with van der Waals surface area (Å²) in [5.41, 5.74) is -0.0432. The highest BCUT2D eigenvalue weighted by atomic mass is 16.7. The van der Waals surface area contributed by atoms with Gasteiger partial charge in [-0.3, -0.25) is 19.9 Å². The van der Waals surface area contributed by atoms with Gasteiger partial charge in [0, 0.05) is 63.5 Å². The molecule has 2 aliphatic carbocycles. The minimum Gasteiger partial charge on any atom is -0.433 e. The van der Waals surface area contributed by atoms with Crippen LogP contribution < -0.4 is 4.74 Å². The Balaban J connectivity index is 0.00000102. The van der Waals surface area contributed by atoms with Gasteiger partial charge in [-0.15, -0.1) is 0 Å². The van der Waals surface area contributed by atoms with Crippen molar-refractivity contribution >= 4 is 18.0 Å². The van der Waals surface area contributed by atoms with E-state index in [2.05, 4.69) is 173 Å². The van der Waals surface area contributed by atoms with E-state index in [4.69, 9.17) is 24.1 Å². The van der Waals surface area contributed by atoms with E-state index in [1.54, 1.807) is 0 Å². The second-order valence-corrected chi connectivity index (χ2v) is 35.2. The van der Waals surface area contributed by atoms with Crippen LogP contribution in [0, 0.1) is 10.1 Å². The molecule has 0 heterocycles. The van der Waals surface area contributed by atoms with E-state index in [1.165, 1.54) is 320 Å². The van der Waals surface area contributed by atoms with Gasteiger partial charge in [0.1, 0.15) is 24.6 Å². The lowest BCUT2D eigenvalue weighted by molar-refractivity contribution is -0.384. The SMILES string of the molecule is CCCCC/C=C\C/C=C\CCCCCCCCC(CCCCCCCC/C=C\C/C=C\CCCCC)OC(=O)OCCN(CCN(C)C)C1CCCCC1.CCCCC/C=C\C/C=C\CCCCCCCCC(CCCCCCCC/C=C\C/C=C\CCCCC)OC(=O)Oc1ccc([N+](=O)[O-])cc1.CN(C)CCN(CCO)C1CCCCC1. The fourth-order valence-corrected chi connectivity index (χ4v) is 15.9. The number of unbranched alkanes of at least 4 members (excludes halogenated alkanes) is 36. The van der Waals surface area contributed by atoms with Crippen LogP contribution in [0.15, 0.2) is 121 Å². The molecule has 14 nitrogen and oxygen atoms in total. The van der Waals surface area contributed by atoms with Gasteiger partial charge in [-0.2, -0.15) is 0 Å². The number of carbonyl (C=O) groups is 2. The molecule has 2 aliphatic rings. The first kappa shape index (κ1) is 113. The first-order valence-electron chi connectivity index (χ1n) is 50.4. The van der Waals surface area contributed by atoms with E-state index in [0.29, 0.717) is 19.3 Å². The summed E-state index contributed by atoms with van der Waals surface area (Å²) < 4.78 is 22.8. The summed E-state index contributed by atoms with van der Waals surface area (Å²) in [6.07, 6.45) is 112. The molecule has 0 aliphatic heterocycles. The number of non-ortho nitro benzene ring substituents is 1. The van der Waals surface area contributed by atoms with Crippen LogP contribution in [0.4, 0.5) is 15.3 Å². The first-order chi connectivity index (χ1) is 58.9. The van der Waals surface area contributed by atoms with Crippen LogP contribution in [0.25, 0.3) is 0 Å². The molecule has 0 radical (unpaired) electrons. The lowest BCUT2D eigenvalue weighted by Gasteiger charge is -2.34. The maximum Gasteiger partial charge on any atom is 0.514 e. The van der Waals surface area contributed by atoms with E-state index in [0.717, 1.165) is 148 Å². The average Bonchev–Trinajstić information content (AvgIpc) is 0.887. The summed E-state index contributed by atoms with van der Waals surface area (Å²) in [6, 6.07) is 6.86. The number of hydrogen-bond donors (Lipinski definition) is 1. The lowest BCUT2D eigenvalue weighted by Crippen LogP contribution is -2.42. The van der Waals surface area contributed by atoms with E-state index >= 15 is 0 Å². The number of allylic oxidation sites excluding steroid dienone is 16. The zero-order chi connectivity index (χ0) is 87.0. The smallest absolute Gasteiger partial charge is 0.433 e. The lowest BCUT2D eigenvalue weighted by atomic mass is 9.94. The number of nitro groups is 1. The number of aliphatic hydroxyl groups excluding tert-OH is 1. The fraction of sp³-hybridized carbons (Fsp3) is 0.774. The second kappa shape index (κ2) is 88.7. The summed E-state index contributed by atoms with van der Waals surface area (Å²) in [7, 11) is 8.49. The van der Waals surface area contributed by atoms with Gasteiger partial charge < -0.3 is 33.9 Å². The summed E-state index contributed by atoms with van der Waals surface area (Å²) in [5, 5.41) is 20.0. The molecule has 0 bridgehead atoms. The van der Waals surface area contributed by atoms with Crippen molar-refractivity contribution in [1.82, 2.24) is 19.6 Å². The fourth-order valence-electron chi connectivity index (χ4n) is 15.9. The van der Waals surface area contributed by atoms with Gasteiger partial charge in [-0.1, -0.05) is 318 Å². The largest absolute Gasteiger partial charge is 0.514 e. The number of carbonyl (C=O) groups excluding carboxylic acids is 2. The third kappa shape index (κ3) is 76.5. The minimum atomic E-state index is -0.732. The van der Waals surface area contributed by atoms with Crippen LogP contribution in [0.2, 0.25) is 0 Å². The van der Waals surface area contributed by atoms with Gasteiger partial charge in [-0.25, -0.2) is 9.59 Å². The van der Waals surface area contributed by atoms with Crippen LogP contribution in [0.5, 0.6) is 5.75 Å². The predicted molar refractivity (Wildman–Crippen MR) is 517 cm³/mol. The standard InChI is InChI=1S/C50H92N2O3.C44H71NO5.C12H26N2O/c1-5-7-9-11-13-15-17-19-21-23-25-27-29-31-33-38-42-49(43-39-34-32-30-28-26-24-22-20-18-16-14-12-10-8-6-2)55-50(53)54-47-46-52(45-44-51(3)4)48-40-36-35-37-41-48;1-3-5-7-9-11-13-15-17-19-21-23-25-27-29-31-33-35-42(49-44(46)50-43-39-37-41(38-40-43)45(47)48)36-34-32-30-28-26-24-22-20-18-16-14-12-10-8-6-4-2;1-13(2)8-9-14(10-11-15)12-6-4-3-5-7-12/h13-16,19-22,48-49H,5-12,17-18,23-47H2,1-4H3;11-14,17-20,37-40,42H,3-10,15-16,21-36H2,1-2H3;12,15H,3-11H2,1-2H3/b15-13-,16-14-,21-19-,22-20-;13-11-,14-12-,19-17-,20-18-;. The molecule has 0 atom stereocenters. The Morgan fingerprint density at radius 2 is 0.642 bits per heavy atom. The molecular formula is C106H189N5O9. The summed E-state index contributed by atoms with van der Waals surface area (Å²) in [4.78, 5) is 45.5. The van der Waals surface area contributed by atoms with Gasteiger partial charge in [0.25, 0.3) is 5.69 Å². The Labute approximate surface area is 740 Å². The molecule has 0 amide bonds. The van der Waals surface area contributed by atoms with Crippen molar-refractivity contribution in [2.45, 2.75) is 450 Å². The monoisotopic (exact) mass is 1680 g/mol. The Hall–Kier alpha value is -5.12. The molecular weight excluding hydrogens is 1490 g/mol. The topological polar surface area (TPSA) is 147 Å². The molecule has 2 saturated carbocycles. The van der Waals surface area contributed by atoms with Crippen LogP contribution in [-0.2, 0) is 14.2 Å². The van der Waals surface area contributed by atoms with E-state index in [1.807, 2.05) is 0 Å². The highest BCUT2D eigenvalue weighted by Gasteiger charge is 2.24. The number of aliphatic hydroxyl groups is 1. The quantitative estimate of drug-likeness (QED) is 0.0165. The number of hydrogen-bond acceptors (Lipinski definition) is 13. The number of nitro benzene ring substituents is 1. The summed E-state index contributed by atoms with van der Waals surface area (Å²) in [6.45, 7) is 15.6. The third-order valence-electron chi connectivity index (χ3n) is 23.5. The second-order valence-electron chi connectivity index (χ2n) is 35.2. The van der Waals surface area contributed by atoms with Crippen molar-refractivity contribution in [3.05, 3.63) is 132 Å². The van der Waals surface area contributed by atoms with Gasteiger partial charge in [-0.05, 0) is 246 Å². The maximum absolute atomic E-state index is 12.9. The molecule has 14 heteroatoms. The molecule has 0 spiro atoms. The number of benzene rings is 1. The third-order valence-corrected chi connectivity index (χ3v) is 23.5. The van der Waals surface area contributed by atoms with Crippen molar-refractivity contribution in [2.75, 3.05) is 80.7 Å². The molecule has 0 saturated heterocycles. The normalized spacial score (nSPS) is 14.0. The van der Waals surface area contributed by atoms with E-state index < -0.39 is 17.2 Å². The zero-order valence-corrected chi connectivity index (χ0v) is 79.3. The number of nitrogens with zero attached hydrogens (tertiary/aromatic N) is 5. The molecule has 692 valence electrons. The van der Waals surface area contributed by atoms with Gasteiger partial charge >= 0.3 is 12.3 Å². The minimum absolute atomic E-state index is 0.0210. The average molecular weight is 1680 g/mol. The van der Waals surface area contributed by atoms with Crippen molar-refractivity contribution in [2.24, 2.45) is 0 Å². The highest BCUT2D eigenvalue weighted by Crippen LogP contribution is 2.27. The van der Waals surface area contributed by atoms with Crippen LogP contribution >= 0.6 is 0 Å². The number of rotatable bonds is 77. The Bertz CT molecular complexity index is 2540. The maximum atomic E-state index is 12.9. The zero-order valence-electron chi connectivity index (χ0n) is 79.3. The van der Waals surface area contributed by atoms with Crippen molar-refractivity contribution in [3.63, 3.8) is 0 Å². The Morgan fingerprint density at radius 3 is 0.925 bits per heavy atom. The Morgan fingerprint density at radius 1 is 0.367 bits per heavy atom. The van der Waals surface area contributed by atoms with Gasteiger partial charge in [0.15, 0.2) is 0 Å². The predicted octanol–water partition coefficient (Wildman–Crippen LogP) is 31.2. The van der Waals surface area contributed by atoms with Gasteiger partial charge in [0.05, 0.1) is 11.5 Å². The molecule has 1 N–H and O–H groups in total. The first-order valence-corrected chi connectivity index (χ1v) is 50.4. The van der Waals surface area contributed by atoms with Crippen LogP contribution in [0.3, 0.4) is 0 Å². The van der Waals surface area contributed by atoms with Gasteiger partial charge in [0.2, 0.25) is 0 Å². The van der Waals surface area contributed by atoms with Crippen molar-refractivity contribution in [1.29, 1.82) is 0 Å². The molecule has 3 rings (SSSR count). The van der Waals surface area contributed by atoms with E-state index in [-0.39, 0.29) is 23.6 Å². The molecule has 1 aromatic rings. The summed E-state index contributed by atoms with van der Waals surface area (Å²) >= 11 is 0. The molecule has 0 unspecified atom stereocenters. The molecule has 120 heavy (non-hydrogen) atoms. The Kier molecular flexibility index (Phi) is 83.5. The van der Waals surface area contributed by atoms with E-state index in [9.17, 15) is 19.7 Å². The number of likely N-dealkylation sites (N-methyl/N-ethyl adjacent to an activating group) is 2. The highest BCUT2D eigenvalue weighted by molar-refractivity contribution is 5.64. The number of ether oxygens (including phenoxy) is 4. The van der Waals surface area contributed by atoms with Crippen molar-refractivity contribution < 1.29 is 38.6 Å². The molecule has 0 aromatic heterocycles. The van der Waals surface area contributed by atoms with Crippen LogP contribution in [-0.4, -0.2) is 147 Å². The molecule has 2 fully saturated rings. The molecule has 1 aromatic carbocycles. The van der Waals surface area contributed by atoms with Crippen LogP contribution in [0.1, 0.15) is 426 Å². The summed E-state index contributed by atoms with van der Waals surface area (Å²) in [5.74, 6) is 0.252.